The van der Waals surface area contributed by atoms with Crippen LogP contribution in [0.25, 0.3) is 0 Å². The van der Waals surface area contributed by atoms with Crippen molar-refractivity contribution in [2.24, 2.45) is 0 Å². The van der Waals surface area contributed by atoms with Gasteiger partial charge in [-0.25, -0.2) is 4.39 Å². The Morgan fingerprint density at radius 1 is 1.35 bits per heavy atom. The molecule has 0 saturated carbocycles. The average molecular weight is 315 g/mol. The fourth-order valence-electron chi connectivity index (χ4n) is 2.99. The van der Waals surface area contributed by atoms with Gasteiger partial charge in [-0.1, -0.05) is 24.3 Å². The Kier molecular flexibility index (Phi) is 4.05. The number of hydrogen-bond acceptors (Lipinski definition) is 3. The monoisotopic (exact) mass is 315 g/mol. The Labute approximate surface area is 133 Å². The van der Waals surface area contributed by atoms with Crippen LogP contribution >= 0.6 is 0 Å². The van der Waals surface area contributed by atoms with Gasteiger partial charge in [-0.05, 0) is 42.2 Å². The highest BCUT2D eigenvalue weighted by Crippen LogP contribution is 2.36. The lowest BCUT2D eigenvalue weighted by molar-refractivity contribution is 0.0369. The maximum Gasteiger partial charge on any atom is 0.251 e. The second-order valence-corrected chi connectivity index (χ2v) is 5.72. The van der Waals surface area contributed by atoms with Crippen molar-refractivity contribution in [3.05, 3.63) is 65.0 Å². The number of amides is 1. The van der Waals surface area contributed by atoms with E-state index in [1.54, 1.807) is 0 Å². The average Bonchev–Trinajstić information content (AvgIpc) is 2.91. The van der Waals surface area contributed by atoms with Gasteiger partial charge in [0.1, 0.15) is 5.60 Å². The Morgan fingerprint density at radius 3 is 2.87 bits per heavy atom. The molecule has 3 rings (SSSR count). The molecule has 0 spiro atoms. The summed E-state index contributed by atoms with van der Waals surface area (Å²) in [5, 5.41) is 13.5. The molecule has 0 aliphatic heterocycles. The van der Waals surface area contributed by atoms with Gasteiger partial charge in [0.15, 0.2) is 11.6 Å². The molecule has 1 unspecified atom stereocenters. The van der Waals surface area contributed by atoms with Gasteiger partial charge in [0.25, 0.3) is 5.91 Å². The third-order valence-corrected chi connectivity index (χ3v) is 4.28. The molecular weight excluding hydrogens is 297 g/mol. The molecule has 2 aromatic carbocycles. The molecule has 1 amide bonds. The zero-order valence-electron chi connectivity index (χ0n) is 12.8. The fraction of sp³-hybridized carbons (Fsp3) is 0.278. The number of methoxy groups -OCH3 is 1. The smallest absolute Gasteiger partial charge is 0.251 e. The van der Waals surface area contributed by atoms with E-state index in [0.29, 0.717) is 6.42 Å². The summed E-state index contributed by atoms with van der Waals surface area (Å²) >= 11 is 0. The molecule has 5 heteroatoms. The van der Waals surface area contributed by atoms with Crippen LogP contribution in [0.2, 0.25) is 0 Å². The van der Waals surface area contributed by atoms with Crippen molar-refractivity contribution in [1.29, 1.82) is 0 Å². The predicted octanol–water partition coefficient (Wildman–Crippen LogP) is 2.40. The van der Waals surface area contributed by atoms with E-state index >= 15 is 0 Å². The second-order valence-electron chi connectivity index (χ2n) is 5.72. The fourth-order valence-corrected chi connectivity index (χ4v) is 2.99. The van der Waals surface area contributed by atoms with Crippen molar-refractivity contribution < 1.29 is 19.0 Å². The molecule has 120 valence electrons. The minimum atomic E-state index is -1.07. The standard InChI is InChI=1S/C18H18FNO3/c1-23-16-7-6-13(10-15(16)19)17(21)20-11-18(22)9-8-12-4-2-3-5-14(12)18/h2-7,10,22H,8-9,11H2,1H3,(H,20,21). The molecule has 0 saturated heterocycles. The van der Waals surface area contributed by atoms with Crippen molar-refractivity contribution >= 4 is 5.91 Å². The Bertz CT molecular complexity index is 747. The summed E-state index contributed by atoms with van der Waals surface area (Å²) in [6, 6.07) is 11.7. The van der Waals surface area contributed by atoms with E-state index in [1.807, 2.05) is 24.3 Å². The van der Waals surface area contributed by atoms with Crippen molar-refractivity contribution in [2.75, 3.05) is 13.7 Å². The first-order chi connectivity index (χ1) is 11.0. The number of carbonyl (C=O) groups is 1. The number of aliphatic hydroxyl groups is 1. The van der Waals surface area contributed by atoms with Gasteiger partial charge in [-0.3, -0.25) is 4.79 Å². The number of halogens is 1. The van der Waals surface area contributed by atoms with E-state index in [4.69, 9.17) is 4.74 Å². The first-order valence-electron chi connectivity index (χ1n) is 7.46. The number of nitrogens with one attached hydrogen (secondary N) is 1. The molecule has 0 bridgehead atoms. The number of fused-ring (bicyclic) bond motifs is 1. The van der Waals surface area contributed by atoms with Crippen LogP contribution in [0.5, 0.6) is 5.75 Å². The Hall–Kier alpha value is -2.40. The van der Waals surface area contributed by atoms with E-state index in [9.17, 15) is 14.3 Å². The molecule has 0 radical (unpaired) electrons. The summed E-state index contributed by atoms with van der Waals surface area (Å²) < 4.78 is 18.5. The lowest BCUT2D eigenvalue weighted by atomic mass is 9.96. The lowest BCUT2D eigenvalue weighted by Gasteiger charge is -2.24. The van der Waals surface area contributed by atoms with Gasteiger partial charge < -0.3 is 15.2 Å². The molecule has 0 heterocycles. The molecule has 0 aromatic heterocycles. The zero-order chi connectivity index (χ0) is 16.4. The van der Waals surface area contributed by atoms with E-state index in [-0.39, 0.29) is 17.9 Å². The number of aryl methyl sites for hydroxylation is 1. The second kappa shape index (κ2) is 6.01. The molecule has 1 atom stereocenters. The van der Waals surface area contributed by atoms with Crippen LogP contribution in [0.3, 0.4) is 0 Å². The van der Waals surface area contributed by atoms with Crippen molar-refractivity contribution in [1.82, 2.24) is 5.32 Å². The Morgan fingerprint density at radius 2 is 2.13 bits per heavy atom. The van der Waals surface area contributed by atoms with E-state index in [0.717, 1.165) is 23.6 Å². The van der Waals surface area contributed by atoms with Gasteiger partial charge in [0.2, 0.25) is 0 Å². The quantitative estimate of drug-likeness (QED) is 0.911. The lowest BCUT2D eigenvalue weighted by Crippen LogP contribution is -2.39. The van der Waals surface area contributed by atoms with E-state index in [2.05, 4.69) is 5.32 Å². The van der Waals surface area contributed by atoms with Gasteiger partial charge >= 0.3 is 0 Å². The molecule has 0 fully saturated rings. The summed E-state index contributed by atoms with van der Waals surface area (Å²) in [5.74, 6) is -0.931. The van der Waals surface area contributed by atoms with E-state index in [1.165, 1.54) is 19.2 Å². The van der Waals surface area contributed by atoms with Crippen molar-refractivity contribution in [2.45, 2.75) is 18.4 Å². The summed E-state index contributed by atoms with van der Waals surface area (Å²) in [6.45, 7) is 0.0937. The third kappa shape index (κ3) is 2.92. The maximum absolute atomic E-state index is 13.7. The normalized spacial score (nSPS) is 19.3. The van der Waals surface area contributed by atoms with Crippen LogP contribution in [0.1, 0.15) is 27.9 Å². The van der Waals surface area contributed by atoms with E-state index < -0.39 is 17.3 Å². The number of carbonyl (C=O) groups excluding carboxylic acids is 1. The minimum Gasteiger partial charge on any atom is -0.494 e. The molecule has 2 aromatic rings. The van der Waals surface area contributed by atoms with Crippen LogP contribution in [0.4, 0.5) is 4.39 Å². The van der Waals surface area contributed by atoms with Crippen LogP contribution in [-0.4, -0.2) is 24.7 Å². The summed E-state index contributed by atoms with van der Waals surface area (Å²) in [7, 11) is 1.37. The zero-order valence-corrected chi connectivity index (χ0v) is 12.8. The highest BCUT2D eigenvalue weighted by atomic mass is 19.1. The largest absolute Gasteiger partial charge is 0.494 e. The summed E-state index contributed by atoms with van der Waals surface area (Å²) in [6.07, 6.45) is 1.34. The minimum absolute atomic E-state index is 0.0879. The van der Waals surface area contributed by atoms with Crippen LogP contribution in [0.15, 0.2) is 42.5 Å². The van der Waals surface area contributed by atoms with Crippen LogP contribution in [0, 0.1) is 5.82 Å². The third-order valence-electron chi connectivity index (χ3n) is 4.28. The number of benzene rings is 2. The molecule has 4 nitrogen and oxygen atoms in total. The van der Waals surface area contributed by atoms with Gasteiger partial charge in [-0.2, -0.15) is 0 Å². The summed E-state index contributed by atoms with van der Waals surface area (Å²) in [5.41, 5.74) is 1.07. The molecular formula is C18H18FNO3. The van der Waals surface area contributed by atoms with Crippen molar-refractivity contribution in [3.8, 4) is 5.75 Å². The molecule has 1 aliphatic carbocycles. The number of rotatable bonds is 4. The molecule has 1 aliphatic rings. The topological polar surface area (TPSA) is 58.6 Å². The van der Waals surface area contributed by atoms with Crippen LogP contribution in [-0.2, 0) is 12.0 Å². The first kappa shape index (κ1) is 15.5. The SMILES string of the molecule is COc1ccc(C(=O)NCC2(O)CCc3ccccc32)cc1F. The number of ether oxygens (including phenoxy) is 1. The Balaban J connectivity index is 1.71. The van der Waals surface area contributed by atoms with Gasteiger partial charge in [0, 0.05) is 5.56 Å². The summed E-state index contributed by atoms with van der Waals surface area (Å²) in [4.78, 5) is 12.2. The van der Waals surface area contributed by atoms with Crippen molar-refractivity contribution in [3.63, 3.8) is 0 Å². The highest BCUT2D eigenvalue weighted by molar-refractivity contribution is 5.94. The first-order valence-corrected chi connectivity index (χ1v) is 7.46. The van der Waals surface area contributed by atoms with Crippen LogP contribution < -0.4 is 10.1 Å². The van der Waals surface area contributed by atoms with Gasteiger partial charge in [0.05, 0.1) is 13.7 Å². The molecule has 23 heavy (non-hydrogen) atoms. The maximum atomic E-state index is 13.7. The predicted molar refractivity (Wildman–Crippen MR) is 83.9 cm³/mol. The number of hydrogen-bond donors (Lipinski definition) is 2. The molecule has 2 N–H and O–H groups in total. The van der Waals surface area contributed by atoms with Gasteiger partial charge in [-0.15, -0.1) is 0 Å². The highest BCUT2D eigenvalue weighted by Gasteiger charge is 2.36.